The van der Waals surface area contributed by atoms with Crippen molar-refractivity contribution in [3.63, 3.8) is 0 Å². The largest absolute Gasteiger partial charge is 0.454 e. The van der Waals surface area contributed by atoms with E-state index in [1.54, 1.807) is 18.2 Å². The number of aromatic nitrogens is 2. The Labute approximate surface area is 160 Å². The number of fused-ring (bicyclic) bond motifs is 1. The summed E-state index contributed by atoms with van der Waals surface area (Å²) in [5.74, 6) is -0.0807. The first kappa shape index (κ1) is 17.9. The molecule has 0 amide bonds. The van der Waals surface area contributed by atoms with Crippen LogP contribution in [0.4, 0.5) is 0 Å². The monoisotopic (exact) mass is 398 g/mol. The van der Waals surface area contributed by atoms with E-state index in [1.807, 2.05) is 30.3 Å². The van der Waals surface area contributed by atoms with Crippen molar-refractivity contribution in [1.82, 2.24) is 14.9 Å². The molecule has 0 saturated carbocycles. The molecule has 1 aromatic heterocycles. The third-order valence-corrected chi connectivity index (χ3v) is 5.27. The number of hydrogen-bond donors (Lipinski definition) is 1. The van der Waals surface area contributed by atoms with Crippen LogP contribution in [0, 0.1) is 0 Å². The number of aliphatic imine (C=N–C) groups is 1. The Morgan fingerprint density at radius 1 is 1.07 bits per heavy atom. The second-order valence-electron chi connectivity index (χ2n) is 5.79. The highest BCUT2D eigenvalue weighted by Gasteiger charge is 2.30. The van der Waals surface area contributed by atoms with E-state index in [4.69, 9.17) is 9.15 Å². The molecule has 28 heavy (non-hydrogen) atoms. The van der Waals surface area contributed by atoms with Gasteiger partial charge >= 0.3 is 5.97 Å². The van der Waals surface area contributed by atoms with Gasteiger partial charge < -0.3 is 9.15 Å². The van der Waals surface area contributed by atoms with Crippen molar-refractivity contribution in [2.45, 2.75) is 11.5 Å². The number of nitrogens with one attached hydrogen (secondary N) is 1. The van der Waals surface area contributed by atoms with Gasteiger partial charge in [-0.2, -0.15) is 0 Å². The minimum atomic E-state index is -3.65. The average molecular weight is 398 g/mol. The van der Waals surface area contributed by atoms with Crippen LogP contribution in [0.3, 0.4) is 0 Å². The van der Waals surface area contributed by atoms with Crippen LogP contribution in [0.1, 0.15) is 11.5 Å². The number of amidine groups is 1. The summed E-state index contributed by atoms with van der Waals surface area (Å²) in [6.45, 7) is -0.558. The number of nitrogens with zero attached hydrogens (tertiary/aromatic N) is 3. The number of esters is 1. The Bertz CT molecular complexity index is 1160. The SMILES string of the molecule is O=C(CN=C1NS(=O)(=O)c2ccccc21)OCc1nnc(-c2ccccc2)o1. The molecule has 1 N–H and O–H groups in total. The van der Waals surface area contributed by atoms with Crippen LogP contribution in [0.5, 0.6) is 0 Å². The topological polar surface area (TPSA) is 124 Å². The van der Waals surface area contributed by atoms with Crippen molar-refractivity contribution in [2.75, 3.05) is 6.54 Å². The van der Waals surface area contributed by atoms with E-state index in [0.29, 0.717) is 11.5 Å². The normalized spacial score (nSPS) is 15.8. The molecule has 0 unspecified atom stereocenters. The van der Waals surface area contributed by atoms with E-state index in [1.165, 1.54) is 6.07 Å². The van der Waals surface area contributed by atoms with Gasteiger partial charge in [-0.3, -0.25) is 14.5 Å². The molecule has 4 rings (SSSR count). The van der Waals surface area contributed by atoms with Crippen LogP contribution < -0.4 is 4.72 Å². The van der Waals surface area contributed by atoms with Crippen molar-refractivity contribution in [3.8, 4) is 11.5 Å². The van der Waals surface area contributed by atoms with E-state index in [9.17, 15) is 13.2 Å². The number of sulfonamides is 1. The summed E-state index contributed by atoms with van der Waals surface area (Å²) < 4.78 is 36.8. The van der Waals surface area contributed by atoms with E-state index >= 15 is 0 Å². The highest BCUT2D eigenvalue weighted by molar-refractivity contribution is 7.90. The maximum Gasteiger partial charge on any atom is 0.328 e. The standard InChI is InChI=1S/C18H14N4O5S/c23-16(10-19-17-13-8-4-5-9-14(13)28(24,25)22-17)26-11-15-20-21-18(27-15)12-6-2-1-3-7-12/h1-9H,10-11H2,(H,19,22). The Kier molecular flexibility index (Phi) is 4.62. The van der Waals surface area contributed by atoms with E-state index in [0.717, 1.165) is 5.56 Å². The average Bonchev–Trinajstić information content (AvgIpc) is 3.28. The second kappa shape index (κ2) is 7.24. The lowest BCUT2D eigenvalue weighted by atomic mass is 10.2. The summed E-state index contributed by atoms with van der Waals surface area (Å²) in [6, 6.07) is 15.6. The fourth-order valence-electron chi connectivity index (χ4n) is 2.59. The zero-order chi connectivity index (χ0) is 19.6. The van der Waals surface area contributed by atoms with Crippen molar-refractivity contribution >= 4 is 21.8 Å². The molecule has 0 bridgehead atoms. The first-order valence-electron chi connectivity index (χ1n) is 8.23. The molecule has 0 spiro atoms. The number of benzene rings is 2. The fraction of sp³-hybridized carbons (Fsp3) is 0.111. The summed E-state index contributed by atoms with van der Waals surface area (Å²) in [4.78, 5) is 16.1. The first-order chi connectivity index (χ1) is 13.5. The van der Waals surface area contributed by atoms with Gasteiger partial charge in [0.2, 0.25) is 5.89 Å². The van der Waals surface area contributed by atoms with Gasteiger partial charge in [0.25, 0.3) is 15.9 Å². The number of hydrogen-bond acceptors (Lipinski definition) is 8. The molecule has 0 atom stereocenters. The molecule has 3 aromatic rings. The Hall–Kier alpha value is -3.53. The Morgan fingerprint density at radius 3 is 2.64 bits per heavy atom. The van der Waals surface area contributed by atoms with Crippen molar-refractivity contribution in [1.29, 1.82) is 0 Å². The fourth-order valence-corrected chi connectivity index (χ4v) is 3.84. The van der Waals surface area contributed by atoms with Gasteiger partial charge in [0.1, 0.15) is 12.4 Å². The third-order valence-electron chi connectivity index (χ3n) is 3.87. The minimum Gasteiger partial charge on any atom is -0.454 e. The minimum absolute atomic E-state index is 0.108. The maximum atomic E-state index is 12.0. The molecule has 9 nitrogen and oxygen atoms in total. The van der Waals surface area contributed by atoms with Crippen molar-refractivity contribution in [2.24, 2.45) is 4.99 Å². The smallest absolute Gasteiger partial charge is 0.328 e. The van der Waals surface area contributed by atoms with Crippen LogP contribution in [0.2, 0.25) is 0 Å². The lowest BCUT2D eigenvalue weighted by Crippen LogP contribution is -2.23. The van der Waals surface area contributed by atoms with Gasteiger partial charge in [0.05, 0.1) is 4.90 Å². The molecule has 1 aliphatic heterocycles. The van der Waals surface area contributed by atoms with E-state index < -0.39 is 16.0 Å². The summed E-state index contributed by atoms with van der Waals surface area (Å²) >= 11 is 0. The lowest BCUT2D eigenvalue weighted by molar-refractivity contribution is -0.143. The van der Waals surface area contributed by atoms with Crippen LogP contribution in [-0.2, 0) is 26.2 Å². The van der Waals surface area contributed by atoms with Gasteiger partial charge in [-0.05, 0) is 24.3 Å². The van der Waals surface area contributed by atoms with Gasteiger partial charge in [-0.1, -0.05) is 30.3 Å². The molecule has 0 fully saturated rings. The van der Waals surface area contributed by atoms with Gasteiger partial charge in [-0.25, -0.2) is 8.42 Å². The molecule has 1 aliphatic rings. The van der Waals surface area contributed by atoms with Crippen LogP contribution in [0.25, 0.3) is 11.5 Å². The van der Waals surface area contributed by atoms with Gasteiger partial charge in [-0.15, -0.1) is 10.2 Å². The van der Waals surface area contributed by atoms with Gasteiger partial charge in [0.15, 0.2) is 6.61 Å². The van der Waals surface area contributed by atoms with Gasteiger partial charge in [0, 0.05) is 11.1 Å². The molecule has 0 radical (unpaired) electrons. The predicted octanol–water partition coefficient (Wildman–Crippen LogP) is 1.52. The zero-order valence-electron chi connectivity index (χ0n) is 14.4. The van der Waals surface area contributed by atoms with Crippen LogP contribution in [0.15, 0.2) is 68.9 Å². The Morgan fingerprint density at radius 2 is 1.82 bits per heavy atom. The number of carbonyl (C=O) groups excluding carboxylic acids is 1. The molecule has 142 valence electrons. The lowest BCUT2D eigenvalue weighted by Gasteiger charge is -2.01. The highest BCUT2D eigenvalue weighted by atomic mass is 32.2. The summed E-state index contributed by atoms with van der Waals surface area (Å²) in [7, 11) is -3.65. The molecule has 2 aromatic carbocycles. The summed E-state index contributed by atoms with van der Waals surface area (Å²) in [6.07, 6.45) is 0. The number of carbonyl (C=O) groups is 1. The van der Waals surface area contributed by atoms with Crippen LogP contribution >= 0.6 is 0 Å². The van der Waals surface area contributed by atoms with Crippen LogP contribution in [-0.4, -0.2) is 37.0 Å². The quantitative estimate of drug-likeness (QED) is 0.646. The first-order valence-corrected chi connectivity index (χ1v) is 9.71. The molecule has 10 heteroatoms. The van der Waals surface area contributed by atoms with Crippen molar-refractivity contribution in [3.05, 3.63) is 66.1 Å². The number of ether oxygens (including phenoxy) is 1. The summed E-state index contributed by atoms with van der Waals surface area (Å²) in [5, 5.41) is 7.73. The Balaban J connectivity index is 1.37. The molecular formula is C18H14N4O5S. The predicted molar refractivity (Wildman–Crippen MR) is 97.7 cm³/mol. The van der Waals surface area contributed by atoms with Crippen molar-refractivity contribution < 1.29 is 22.4 Å². The summed E-state index contributed by atoms with van der Waals surface area (Å²) in [5.41, 5.74) is 1.17. The number of rotatable bonds is 5. The molecule has 0 saturated heterocycles. The molecule has 0 aliphatic carbocycles. The second-order valence-corrected chi connectivity index (χ2v) is 7.44. The molecular weight excluding hydrogens is 384 g/mol. The highest BCUT2D eigenvalue weighted by Crippen LogP contribution is 2.22. The maximum absolute atomic E-state index is 12.0. The van der Waals surface area contributed by atoms with E-state index in [-0.39, 0.29) is 29.8 Å². The van der Waals surface area contributed by atoms with E-state index in [2.05, 4.69) is 19.9 Å². The molecule has 2 heterocycles. The zero-order valence-corrected chi connectivity index (χ0v) is 15.2. The third kappa shape index (κ3) is 3.62.